The highest BCUT2D eigenvalue weighted by Crippen LogP contribution is 2.45. The van der Waals surface area contributed by atoms with Gasteiger partial charge in [0.2, 0.25) is 0 Å². The van der Waals surface area contributed by atoms with Gasteiger partial charge in [0, 0.05) is 11.3 Å². The molecule has 1 aliphatic carbocycles. The topological polar surface area (TPSA) is 89.3 Å². The number of rotatable bonds is 3. The van der Waals surface area contributed by atoms with Crippen molar-refractivity contribution in [3.63, 3.8) is 0 Å². The fourth-order valence-electron chi connectivity index (χ4n) is 3.20. The van der Waals surface area contributed by atoms with Crippen LogP contribution in [0.5, 0.6) is 0 Å². The van der Waals surface area contributed by atoms with E-state index in [-0.39, 0.29) is 12.4 Å². The molecule has 0 amide bonds. The quantitative estimate of drug-likeness (QED) is 0.811. The molecule has 2 aromatic rings. The molecule has 5 N–H and O–H groups in total. The normalized spacial score (nSPS) is 20.7. The summed E-state index contributed by atoms with van der Waals surface area (Å²) in [5, 5.41) is 10.5. The summed E-state index contributed by atoms with van der Waals surface area (Å²) in [7, 11) is 0. The summed E-state index contributed by atoms with van der Waals surface area (Å²) in [6.45, 7) is 3.53. The number of aliphatic hydroxyl groups excluding tert-OH is 1. The van der Waals surface area contributed by atoms with E-state index in [1.807, 2.05) is 30.3 Å². The molecule has 114 valence electrons. The van der Waals surface area contributed by atoms with Gasteiger partial charge in [-0.15, -0.1) is 11.3 Å². The van der Waals surface area contributed by atoms with E-state index in [1.165, 1.54) is 11.3 Å². The molecule has 1 unspecified atom stereocenters. The Balaban J connectivity index is 2.15. The molecule has 0 aliphatic heterocycles. The van der Waals surface area contributed by atoms with Crippen LogP contribution in [0.4, 0.5) is 5.00 Å². The maximum absolute atomic E-state index is 13.1. The van der Waals surface area contributed by atoms with Gasteiger partial charge in [-0.2, -0.15) is 0 Å². The summed E-state index contributed by atoms with van der Waals surface area (Å²) in [6.07, 6.45) is 1.19. The van der Waals surface area contributed by atoms with E-state index in [4.69, 9.17) is 11.5 Å². The average molecular weight is 314 g/mol. The van der Waals surface area contributed by atoms with Gasteiger partial charge in [0.25, 0.3) is 0 Å². The molecule has 1 atom stereocenters. The van der Waals surface area contributed by atoms with E-state index in [0.717, 1.165) is 11.1 Å². The number of ketones is 1. The molecule has 0 fully saturated rings. The van der Waals surface area contributed by atoms with Crippen LogP contribution < -0.4 is 11.5 Å². The van der Waals surface area contributed by atoms with E-state index in [0.29, 0.717) is 34.0 Å². The number of benzene rings is 1. The van der Waals surface area contributed by atoms with Gasteiger partial charge in [0.15, 0.2) is 5.78 Å². The van der Waals surface area contributed by atoms with Crippen LogP contribution in [-0.4, -0.2) is 17.5 Å². The van der Waals surface area contributed by atoms with Crippen molar-refractivity contribution in [2.45, 2.75) is 18.3 Å². The molecule has 0 saturated heterocycles. The van der Waals surface area contributed by atoms with Crippen molar-refractivity contribution >= 4 is 27.8 Å². The molecular formula is C17H18N2O2S. The van der Waals surface area contributed by atoms with Gasteiger partial charge in [0.05, 0.1) is 21.9 Å². The van der Waals surface area contributed by atoms with Gasteiger partial charge < -0.3 is 16.6 Å². The summed E-state index contributed by atoms with van der Waals surface area (Å²) in [6, 6.07) is 9.43. The van der Waals surface area contributed by atoms with Crippen molar-refractivity contribution in [2.24, 2.45) is 5.73 Å². The Morgan fingerprint density at radius 1 is 1.36 bits per heavy atom. The lowest BCUT2D eigenvalue weighted by Gasteiger charge is -2.34. The Morgan fingerprint density at radius 2 is 2.05 bits per heavy atom. The maximum atomic E-state index is 13.1. The number of hydrogen-bond acceptors (Lipinski definition) is 5. The minimum absolute atomic E-state index is 0.0772. The SMILES string of the molecule is C=C(N)c1c(N)sc2c1CCC(CO)(c1ccccc1)C2=O. The van der Waals surface area contributed by atoms with Crippen molar-refractivity contribution in [3.05, 3.63) is 58.5 Å². The zero-order valence-corrected chi connectivity index (χ0v) is 13.0. The summed E-state index contributed by atoms with van der Waals surface area (Å²) in [4.78, 5) is 13.7. The molecule has 22 heavy (non-hydrogen) atoms. The highest BCUT2D eigenvalue weighted by molar-refractivity contribution is 7.18. The van der Waals surface area contributed by atoms with E-state index in [9.17, 15) is 9.90 Å². The highest BCUT2D eigenvalue weighted by atomic mass is 32.1. The number of anilines is 1. The molecule has 5 heteroatoms. The number of fused-ring (bicyclic) bond motifs is 1. The third-order valence-electron chi connectivity index (χ3n) is 4.39. The summed E-state index contributed by atoms with van der Waals surface area (Å²) in [5.74, 6) is -0.0772. The van der Waals surface area contributed by atoms with Crippen LogP contribution in [0.2, 0.25) is 0 Å². The molecule has 3 rings (SSSR count). The molecule has 1 aromatic carbocycles. The zero-order chi connectivity index (χ0) is 15.9. The summed E-state index contributed by atoms with van der Waals surface area (Å²) in [5.41, 5.74) is 13.7. The average Bonchev–Trinajstić information content (AvgIpc) is 2.86. The van der Waals surface area contributed by atoms with Crippen LogP contribution in [0, 0.1) is 0 Å². The van der Waals surface area contributed by atoms with Gasteiger partial charge in [-0.05, 0) is 24.0 Å². The molecule has 1 aliphatic rings. The van der Waals surface area contributed by atoms with Crippen LogP contribution in [0.3, 0.4) is 0 Å². The second kappa shape index (κ2) is 5.26. The molecule has 0 spiro atoms. The number of hydrogen-bond donors (Lipinski definition) is 3. The van der Waals surface area contributed by atoms with Crippen LogP contribution in [0.15, 0.2) is 36.9 Å². The van der Waals surface area contributed by atoms with Gasteiger partial charge in [-0.25, -0.2) is 0 Å². The first kappa shape index (κ1) is 14.8. The number of thiophene rings is 1. The number of nitrogens with two attached hydrogens (primary N) is 2. The lowest BCUT2D eigenvalue weighted by Crippen LogP contribution is -2.43. The first-order chi connectivity index (χ1) is 10.5. The summed E-state index contributed by atoms with van der Waals surface area (Å²) >= 11 is 1.24. The number of carbonyl (C=O) groups excluding carboxylic acids is 1. The fraction of sp³-hybridized carbons (Fsp3) is 0.235. The lowest BCUT2D eigenvalue weighted by molar-refractivity contribution is 0.0773. The van der Waals surface area contributed by atoms with Crippen LogP contribution >= 0.6 is 11.3 Å². The van der Waals surface area contributed by atoms with Gasteiger partial charge in [-0.3, -0.25) is 4.79 Å². The smallest absolute Gasteiger partial charge is 0.185 e. The second-order valence-corrected chi connectivity index (χ2v) is 6.66. The van der Waals surface area contributed by atoms with E-state index < -0.39 is 5.41 Å². The fourth-order valence-corrected chi connectivity index (χ4v) is 4.39. The van der Waals surface area contributed by atoms with Crippen molar-refractivity contribution < 1.29 is 9.90 Å². The minimum Gasteiger partial charge on any atom is -0.399 e. The van der Waals surface area contributed by atoms with E-state index in [2.05, 4.69) is 6.58 Å². The predicted molar refractivity (Wildman–Crippen MR) is 89.8 cm³/mol. The molecule has 0 saturated carbocycles. The van der Waals surface area contributed by atoms with Crippen LogP contribution in [0.25, 0.3) is 5.70 Å². The van der Waals surface area contributed by atoms with Crippen molar-refractivity contribution in [1.29, 1.82) is 0 Å². The number of nitrogen functional groups attached to an aromatic ring is 1. The summed E-state index contributed by atoms with van der Waals surface area (Å²) < 4.78 is 0. The molecular weight excluding hydrogens is 296 g/mol. The van der Waals surface area contributed by atoms with Gasteiger partial charge >= 0.3 is 0 Å². The highest BCUT2D eigenvalue weighted by Gasteiger charge is 2.45. The number of Topliss-reactive ketones (excluding diaryl/α,β-unsaturated/α-hetero) is 1. The largest absolute Gasteiger partial charge is 0.399 e. The number of aliphatic hydroxyl groups is 1. The molecule has 0 radical (unpaired) electrons. The third-order valence-corrected chi connectivity index (χ3v) is 5.45. The maximum Gasteiger partial charge on any atom is 0.185 e. The monoisotopic (exact) mass is 314 g/mol. The third kappa shape index (κ3) is 1.97. The second-order valence-electron chi connectivity index (χ2n) is 5.61. The zero-order valence-electron chi connectivity index (χ0n) is 12.1. The van der Waals surface area contributed by atoms with Gasteiger partial charge in [0.1, 0.15) is 0 Å². The number of carbonyl (C=O) groups is 1. The van der Waals surface area contributed by atoms with Crippen LogP contribution in [-0.2, 0) is 11.8 Å². The molecule has 0 bridgehead atoms. The van der Waals surface area contributed by atoms with Crippen molar-refractivity contribution in [2.75, 3.05) is 12.3 Å². The Hall–Kier alpha value is -2.11. The van der Waals surface area contributed by atoms with Crippen LogP contribution in [0.1, 0.15) is 32.8 Å². The Bertz CT molecular complexity index is 752. The predicted octanol–water partition coefficient (Wildman–Crippen LogP) is 2.32. The standard InChI is InChI=1S/C17H18N2O2S/c1-10(18)13-12-7-8-17(9-20,11-5-3-2-4-6-11)15(21)14(12)22-16(13)19/h2-6,20H,1,7-9,18-19H2. The first-order valence-corrected chi connectivity index (χ1v) is 7.90. The first-order valence-electron chi connectivity index (χ1n) is 7.08. The Morgan fingerprint density at radius 3 is 2.64 bits per heavy atom. The molecule has 4 nitrogen and oxygen atoms in total. The van der Waals surface area contributed by atoms with Crippen molar-refractivity contribution in [3.8, 4) is 0 Å². The minimum atomic E-state index is -0.890. The Labute approximate surface area is 133 Å². The molecule has 1 aromatic heterocycles. The van der Waals surface area contributed by atoms with Crippen molar-refractivity contribution in [1.82, 2.24) is 0 Å². The van der Waals surface area contributed by atoms with E-state index >= 15 is 0 Å². The Kier molecular flexibility index (Phi) is 3.54. The van der Waals surface area contributed by atoms with E-state index in [1.54, 1.807) is 0 Å². The molecule has 1 heterocycles. The lowest BCUT2D eigenvalue weighted by atomic mass is 9.69. The van der Waals surface area contributed by atoms with Gasteiger partial charge in [-0.1, -0.05) is 36.9 Å².